The van der Waals surface area contributed by atoms with Crippen LogP contribution in [0.5, 0.6) is 0 Å². The van der Waals surface area contributed by atoms with E-state index >= 15 is 0 Å². The van der Waals surface area contributed by atoms with Gasteiger partial charge in [0.2, 0.25) is 0 Å². The molecule has 106 valence electrons. The Kier molecular flexibility index (Phi) is 4.45. The predicted octanol–water partition coefficient (Wildman–Crippen LogP) is 3.79. The first-order chi connectivity index (χ1) is 9.60. The molecule has 0 saturated heterocycles. The molecule has 20 heavy (non-hydrogen) atoms. The van der Waals surface area contributed by atoms with Crippen molar-refractivity contribution in [3.8, 4) is 11.1 Å². The summed E-state index contributed by atoms with van der Waals surface area (Å²) >= 11 is 1.49. The van der Waals surface area contributed by atoms with Crippen molar-refractivity contribution in [2.24, 2.45) is 0 Å². The maximum absolute atomic E-state index is 12.7. The Labute approximate surface area is 124 Å². The Balaban J connectivity index is 2.57. The van der Waals surface area contributed by atoms with Crippen molar-refractivity contribution >= 4 is 22.2 Å². The summed E-state index contributed by atoms with van der Waals surface area (Å²) in [5.74, 6) is 0.0238. The normalized spacial score (nSPS) is 10.6. The standard InChI is InChI=1S/C16H20N2OS/c1-4-18(5-2)16(19)14-13(11(3)20-15(14)17)12-9-7-6-8-10-12/h6-10H,4-5,17H2,1-3H3. The number of anilines is 1. The highest BCUT2D eigenvalue weighted by Gasteiger charge is 2.24. The molecule has 0 radical (unpaired) electrons. The van der Waals surface area contributed by atoms with Crippen LogP contribution in [0, 0.1) is 6.92 Å². The maximum atomic E-state index is 12.7. The molecule has 0 saturated carbocycles. The molecule has 0 unspecified atom stereocenters. The molecule has 0 fully saturated rings. The Morgan fingerprint density at radius 3 is 2.35 bits per heavy atom. The smallest absolute Gasteiger partial charge is 0.257 e. The highest BCUT2D eigenvalue weighted by atomic mass is 32.1. The molecule has 3 nitrogen and oxygen atoms in total. The fourth-order valence-corrected chi connectivity index (χ4v) is 3.34. The summed E-state index contributed by atoms with van der Waals surface area (Å²) in [7, 11) is 0. The predicted molar refractivity (Wildman–Crippen MR) is 86.2 cm³/mol. The first-order valence-electron chi connectivity index (χ1n) is 6.83. The van der Waals surface area contributed by atoms with Gasteiger partial charge in [-0.15, -0.1) is 11.3 Å². The van der Waals surface area contributed by atoms with E-state index in [4.69, 9.17) is 5.73 Å². The number of carbonyl (C=O) groups is 1. The molecular weight excluding hydrogens is 268 g/mol. The average molecular weight is 288 g/mol. The third kappa shape index (κ3) is 2.56. The number of rotatable bonds is 4. The molecule has 1 aromatic heterocycles. The zero-order chi connectivity index (χ0) is 14.7. The van der Waals surface area contributed by atoms with Crippen LogP contribution in [-0.2, 0) is 0 Å². The number of hydrogen-bond donors (Lipinski definition) is 1. The lowest BCUT2D eigenvalue weighted by Gasteiger charge is -2.19. The molecule has 0 aliphatic carbocycles. The second-order valence-electron chi connectivity index (χ2n) is 4.62. The molecule has 0 bridgehead atoms. The van der Waals surface area contributed by atoms with Gasteiger partial charge in [0.15, 0.2) is 0 Å². The number of aryl methyl sites for hydroxylation is 1. The van der Waals surface area contributed by atoms with Gasteiger partial charge in [0.05, 0.1) is 10.6 Å². The maximum Gasteiger partial charge on any atom is 0.257 e. The first-order valence-corrected chi connectivity index (χ1v) is 7.65. The van der Waals surface area contributed by atoms with Crippen LogP contribution in [0.3, 0.4) is 0 Å². The van der Waals surface area contributed by atoms with Crippen LogP contribution in [0.2, 0.25) is 0 Å². The Bertz CT molecular complexity index is 600. The molecular formula is C16H20N2OS. The summed E-state index contributed by atoms with van der Waals surface area (Å²) in [4.78, 5) is 15.6. The number of hydrogen-bond acceptors (Lipinski definition) is 3. The lowest BCUT2D eigenvalue weighted by molar-refractivity contribution is 0.0775. The van der Waals surface area contributed by atoms with Crippen molar-refractivity contribution < 1.29 is 4.79 Å². The third-order valence-electron chi connectivity index (χ3n) is 3.44. The molecule has 1 aromatic carbocycles. The van der Waals surface area contributed by atoms with E-state index in [0.29, 0.717) is 23.7 Å². The molecule has 2 rings (SSSR count). The number of benzene rings is 1. The van der Waals surface area contributed by atoms with Gasteiger partial charge in [0.1, 0.15) is 0 Å². The number of nitrogens with zero attached hydrogens (tertiary/aromatic N) is 1. The Morgan fingerprint density at radius 2 is 1.80 bits per heavy atom. The summed E-state index contributed by atoms with van der Waals surface area (Å²) < 4.78 is 0. The lowest BCUT2D eigenvalue weighted by Crippen LogP contribution is -2.31. The van der Waals surface area contributed by atoms with Crippen molar-refractivity contribution in [1.29, 1.82) is 0 Å². The topological polar surface area (TPSA) is 46.3 Å². The fraction of sp³-hybridized carbons (Fsp3) is 0.312. The van der Waals surface area contributed by atoms with Crippen LogP contribution in [-0.4, -0.2) is 23.9 Å². The molecule has 0 aliphatic rings. The highest BCUT2D eigenvalue weighted by Crippen LogP contribution is 2.38. The summed E-state index contributed by atoms with van der Waals surface area (Å²) in [6.07, 6.45) is 0. The molecule has 0 spiro atoms. The van der Waals surface area contributed by atoms with E-state index in [9.17, 15) is 4.79 Å². The fourth-order valence-electron chi connectivity index (χ4n) is 2.40. The van der Waals surface area contributed by atoms with Crippen LogP contribution in [0.1, 0.15) is 29.1 Å². The molecule has 2 N–H and O–H groups in total. The van der Waals surface area contributed by atoms with E-state index in [2.05, 4.69) is 0 Å². The van der Waals surface area contributed by atoms with Crippen molar-refractivity contribution in [1.82, 2.24) is 4.90 Å². The monoisotopic (exact) mass is 288 g/mol. The van der Waals surface area contributed by atoms with Gasteiger partial charge in [0.25, 0.3) is 5.91 Å². The summed E-state index contributed by atoms with van der Waals surface area (Å²) in [5, 5.41) is 0.609. The third-order valence-corrected chi connectivity index (χ3v) is 4.37. The zero-order valence-corrected chi connectivity index (χ0v) is 13.0. The molecule has 4 heteroatoms. The highest BCUT2D eigenvalue weighted by molar-refractivity contribution is 7.16. The van der Waals surface area contributed by atoms with E-state index in [0.717, 1.165) is 16.0 Å². The van der Waals surface area contributed by atoms with Gasteiger partial charge in [-0.3, -0.25) is 4.79 Å². The second-order valence-corrected chi connectivity index (χ2v) is 5.87. The van der Waals surface area contributed by atoms with E-state index in [1.54, 1.807) is 0 Å². The van der Waals surface area contributed by atoms with Crippen LogP contribution in [0.15, 0.2) is 30.3 Å². The van der Waals surface area contributed by atoms with E-state index < -0.39 is 0 Å². The second kappa shape index (κ2) is 6.09. The number of thiophene rings is 1. The van der Waals surface area contributed by atoms with Crippen molar-refractivity contribution in [3.63, 3.8) is 0 Å². The van der Waals surface area contributed by atoms with Gasteiger partial charge in [-0.1, -0.05) is 30.3 Å². The van der Waals surface area contributed by atoms with Gasteiger partial charge >= 0.3 is 0 Å². The summed E-state index contributed by atoms with van der Waals surface area (Å²) in [6, 6.07) is 9.98. The van der Waals surface area contributed by atoms with Gasteiger partial charge in [-0.2, -0.15) is 0 Å². The minimum absolute atomic E-state index is 0.0238. The minimum atomic E-state index is 0.0238. The minimum Gasteiger partial charge on any atom is -0.390 e. The number of amides is 1. The van der Waals surface area contributed by atoms with Crippen molar-refractivity contribution in [3.05, 3.63) is 40.8 Å². The van der Waals surface area contributed by atoms with Gasteiger partial charge < -0.3 is 10.6 Å². The molecule has 0 aliphatic heterocycles. The van der Waals surface area contributed by atoms with E-state index in [1.165, 1.54) is 11.3 Å². The number of nitrogens with two attached hydrogens (primary N) is 1. The SMILES string of the molecule is CCN(CC)C(=O)c1c(N)sc(C)c1-c1ccccc1. The van der Waals surface area contributed by atoms with Crippen LogP contribution in [0.4, 0.5) is 5.00 Å². The molecule has 1 heterocycles. The van der Waals surface area contributed by atoms with Gasteiger partial charge in [0, 0.05) is 23.5 Å². The Morgan fingerprint density at radius 1 is 1.20 bits per heavy atom. The first kappa shape index (κ1) is 14.6. The number of carbonyl (C=O) groups excluding carboxylic acids is 1. The largest absolute Gasteiger partial charge is 0.390 e. The quantitative estimate of drug-likeness (QED) is 0.930. The number of nitrogen functional groups attached to an aromatic ring is 1. The van der Waals surface area contributed by atoms with Crippen LogP contribution in [0.25, 0.3) is 11.1 Å². The average Bonchev–Trinajstić information content (AvgIpc) is 2.75. The van der Waals surface area contributed by atoms with Gasteiger partial charge in [-0.25, -0.2) is 0 Å². The lowest BCUT2D eigenvalue weighted by atomic mass is 10.0. The van der Waals surface area contributed by atoms with Crippen molar-refractivity contribution in [2.75, 3.05) is 18.8 Å². The Hall–Kier alpha value is -1.81. The van der Waals surface area contributed by atoms with E-state index in [-0.39, 0.29) is 5.91 Å². The zero-order valence-electron chi connectivity index (χ0n) is 12.1. The van der Waals surface area contributed by atoms with Crippen LogP contribution >= 0.6 is 11.3 Å². The summed E-state index contributed by atoms with van der Waals surface area (Å²) in [6.45, 7) is 7.37. The summed E-state index contributed by atoms with van der Waals surface area (Å²) in [5.41, 5.74) is 8.78. The van der Waals surface area contributed by atoms with E-state index in [1.807, 2.05) is 56.0 Å². The van der Waals surface area contributed by atoms with Crippen LogP contribution < -0.4 is 5.73 Å². The van der Waals surface area contributed by atoms with Gasteiger partial charge in [-0.05, 0) is 26.3 Å². The molecule has 0 atom stereocenters. The molecule has 1 amide bonds. The molecule has 2 aromatic rings. The van der Waals surface area contributed by atoms with Crippen molar-refractivity contribution in [2.45, 2.75) is 20.8 Å².